The maximum atomic E-state index is 12.2. The molecule has 1 saturated heterocycles. The first-order valence-corrected chi connectivity index (χ1v) is 7.73. The Bertz CT molecular complexity index is 491. The summed E-state index contributed by atoms with van der Waals surface area (Å²) in [5.41, 5.74) is 0.387. The highest BCUT2D eigenvalue weighted by Crippen LogP contribution is 2.19. The van der Waals surface area contributed by atoms with Gasteiger partial charge in [-0.1, -0.05) is 0 Å². The molecular weight excluding hydrogens is 266 g/mol. The maximum Gasteiger partial charge on any atom is 0.301 e. The summed E-state index contributed by atoms with van der Waals surface area (Å²) >= 11 is 0. The molecule has 0 aliphatic carbocycles. The Kier molecular flexibility index (Phi) is 4.67. The molecule has 7 nitrogen and oxygen atoms in total. The van der Waals surface area contributed by atoms with E-state index in [2.05, 4.69) is 20.0 Å². The molecule has 2 heterocycles. The van der Waals surface area contributed by atoms with Gasteiger partial charge in [0, 0.05) is 13.1 Å². The monoisotopic (exact) mass is 285 g/mol. The molecule has 1 fully saturated rings. The van der Waals surface area contributed by atoms with Crippen LogP contribution >= 0.6 is 0 Å². The first-order chi connectivity index (χ1) is 9.12. The number of hydrogen-bond donors (Lipinski definition) is 2. The van der Waals surface area contributed by atoms with Gasteiger partial charge in [-0.25, -0.2) is 9.97 Å². The summed E-state index contributed by atoms with van der Waals surface area (Å²) in [5, 5.41) is 3.10. The highest BCUT2D eigenvalue weighted by Gasteiger charge is 2.28. The van der Waals surface area contributed by atoms with Gasteiger partial charge in [-0.15, -0.1) is 0 Å². The van der Waals surface area contributed by atoms with E-state index in [4.69, 9.17) is 0 Å². The molecule has 2 rings (SSSR count). The highest BCUT2D eigenvalue weighted by molar-refractivity contribution is 7.90. The fourth-order valence-corrected chi connectivity index (χ4v) is 3.57. The van der Waals surface area contributed by atoms with Crippen LogP contribution in [0.15, 0.2) is 18.7 Å². The van der Waals surface area contributed by atoms with Crippen molar-refractivity contribution in [1.29, 1.82) is 0 Å². The minimum atomic E-state index is -3.51. The Labute approximate surface area is 113 Å². The summed E-state index contributed by atoms with van der Waals surface area (Å²) in [6.45, 7) is 1.94. The third-order valence-corrected chi connectivity index (χ3v) is 4.63. The minimum Gasteiger partial charge on any atom is -0.319 e. The van der Waals surface area contributed by atoms with Crippen molar-refractivity contribution >= 4 is 15.9 Å². The quantitative estimate of drug-likeness (QED) is 0.799. The second kappa shape index (κ2) is 6.27. The average Bonchev–Trinajstić information content (AvgIpc) is 2.40. The lowest BCUT2D eigenvalue weighted by molar-refractivity contribution is 0.264. The van der Waals surface area contributed by atoms with E-state index in [9.17, 15) is 8.42 Å². The van der Waals surface area contributed by atoms with Gasteiger partial charge in [0.15, 0.2) is 0 Å². The maximum absolute atomic E-state index is 12.2. The second-order valence-corrected chi connectivity index (χ2v) is 6.33. The van der Waals surface area contributed by atoms with Crippen molar-refractivity contribution in [1.82, 2.24) is 19.6 Å². The van der Waals surface area contributed by atoms with Gasteiger partial charge in [-0.05, 0) is 32.4 Å². The fraction of sp³-hybridized carbons (Fsp3) is 0.636. The van der Waals surface area contributed by atoms with Gasteiger partial charge in [-0.2, -0.15) is 12.7 Å². The van der Waals surface area contributed by atoms with Crippen molar-refractivity contribution in [2.45, 2.75) is 12.8 Å². The number of nitrogens with zero attached hydrogens (tertiary/aromatic N) is 3. The van der Waals surface area contributed by atoms with Gasteiger partial charge >= 0.3 is 10.2 Å². The van der Waals surface area contributed by atoms with Gasteiger partial charge in [-0.3, -0.25) is 4.72 Å². The van der Waals surface area contributed by atoms with Crippen LogP contribution in [0.2, 0.25) is 0 Å². The van der Waals surface area contributed by atoms with Crippen LogP contribution in [0.25, 0.3) is 0 Å². The lowest BCUT2D eigenvalue weighted by Gasteiger charge is -2.31. The van der Waals surface area contributed by atoms with Gasteiger partial charge in [0.25, 0.3) is 0 Å². The van der Waals surface area contributed by atoms with E-state index in [0.717, 1.165) is 19.4 Å². The lowest BCUT2D eigenvalue weighted by Crippen LogP contribution is -2.44. The summed E-state index contributed by atoms with van der Waals surface area (Å²) < 4.78 is 28.5. The van der Waals surface area contributed by atoms with Crippen LogP contribution in [0.4, 0.5) is 5.69 Å². The van der Waals surface area contributed by atoms with E-state index < -0.39 is 10.2 Å². The van der Waals surface area contributed by atoms with Crippen LogP contribution in [0.1, 0.15) is 12.8 Å². The van der Waals surface area contributed by atoms with Crippen LogP contribution in [-0.2, 0) is 10.2 Å². The van der Waals surface area contributed by atoms with Crippen molar-refractivity contribution in [3.05, 3.63) is 18.7 Å². The van der Waals surface area contributed by atoms with Crippen molar-refractivity contribution in [3.8, 4) is 0 Å². The van der Waals surface area contributed by atoms with Crippen molar-refractivity contribution in [3.63, 3.8) is 0 Å². The van der Waals surface area contributed by atoms with Gasteiger partial charge in [0.05, 0.1) is 18.1 Å². The Hall–Kier alpha value is -1.25. The standard InChI is InChI=1S/C11H19N5O2S/c1-12-5-10-3-2-4-16(8-10)19(17,18)15-11-6-13-9-14-7-11/h6-7,9-10,12,15H,2-5,8H2,1H3. The van der Waals surface area contributed by atoms with E-state index in [1.807, 2.05) is 7.05 Å². The Morgan fingerprint density at radius 2 is 2.16 bits per heavy atom. The molecule has 0 saturated carbocycles. The van der Waals surface area contributed by atoms with Gasteiger partial charge in [0.2, 0.25) is 0 Å². The van der Waals surface area contributed by atoms with Gasteiger partial charge < -0.3 is 5.32 Å². The third-order valence-electron chi connectivity index (χ3n) is 3.12. The van der Waals surface area contributed by atoms with Crippen molar-refractivity contribution < 1.29 is 8.42 Å². The Morgan fingerprint density at radius 3 is 2.84 bits per heavy atom. The average molecular weight is 285 g/mol. The lowest BCUT2D eigenvalue weighted by atomic mass is 10.00. The van der Waals surface area contributed by atoms with Crippen molar-refractivity contribution in [2.24, 2.45) is 5.92 Å². The fourth-order valence-electron chi connectivity index (χ4n) is 2.27. The normalized spacial score (nSPS) is 21.2. The zero-order valence-electron chi connectivity index (χ0n) is 10.9. The zero-order chi connectivity index (χ0) is 13.7. The molecule has 2 N–H and O–H groups in total. The summed E-state index contributed by atoms with van der Waals surface area (Å²) in [4.78, 5) is 7.58. The summed E-state index contributed by atoms with van der Waals surface area (Å²) in [7, 11) is -1.63. The Morgan fingerprint density at radius 1 is 1.42 bits per heavy atom. The van der Waals surface area contributed by atoms with E-state index in [1.165, 1.54) is 23.0 Å². The first kappa shape index (κ1) is 14.2. The largest absolute Gasteiger partial charge is 0.319 e. The molecule has 1 aromatic rings. The first-order valence-electron chi connectivity index (χ1n) is 6.29. The SMILES string of the molecule is CNCC1CCCN(S(=O)(=O)Nc2cncnc2)C1. The predicted octanol–water partition coefficient (Wildman–Crippen LogP) is 0.0647. The van der Waals surface area contributed by atoms with Crippen LogP contribution < -0.4 is 10.0 Å². The Balaban J connectivity index is 2.03. The molecule has 1 aliphatic rings. The highest BCUT2D eigenvalue weighted by atomic mass is 32.2. The number of anilines is 1. The van der Waals surface area contributed by atoms with E-state index in [1.54, 1.807) is 0 Å². The van der Waals surface area contributed by atoms with Crippen LogP contribution in [-0.4, -0.2) is 49.4 Å². The molecule has 106 valence electrons. The van der Waals surface area contributed by atoms with E-state index >= 15 is 0 Å². The van der Waals surface area contributed by atoms with Gasteiger partial charge in [0.1, 0.15) is 6.33 Å². The second-order valence-electron chi connectivity index (χ2n) is 4.66. The summed E-state index contributed by atoms with van der Waals surface area (Å²) in [6.07, 6.45) is 6.20. The molecule has 0 radical (unpaired) electrons. The molecule has 19 heavy (non-hydrogen) atoms. The molecule has 1 unspecified atom stereocenters. The van der Waals surface area contributed by atoms with E-state index in [0.29, 0.717) is 24.7 Å². The van der Waals surface area contributed by atoms with E-state index in [-0.39, 0.29) is 0 Å². The predicted molar refractivity (Wildman–Crippen MR) is 72.8 cm³/mol. The molecule has 0 aromatic carbocycles. The van der Waals surface area contributed by atoms with Crippen LogP contribution in [0, 0.1) is 5.92 Å². The molecule has 1 aliphatic heterocycles. The number of nitrogens with one attached hydrogen (secondary N) is 2. The molecule has 8 heteroatoms. The minimum absolute atomic E-state index is 0.363. The molecule has 1 aromatic heterocycles. The molecule has 1 atom stereocenters. The molecule has 0 bridgehead atoms. The summed E-state index contributed by atoms with van der Waals surface area (Å²) in [6, 6.07) is 0. The molecule has 0 amide bonds. The number of aromatic nitrogens is 2. The van der Waals surface area contributed by atoms with Crippen molar-refractivity contribution in [2.75, 3.05) is 31.4 Å². The topological polar surface area (TPSA) is 87.2 Å². The zero-order valence-corrected chi connectivity index (χ0v) is 11.7. The number of rotatable bonds is 5. The molecular formula is C11H19N5O2S. The number of piperidine rings is 1. The van der Waals surface area contributed by atoms with Crippen LogP contribution in [0.3, 0.4) is 0 Å². The third kappa shape index (κ3) is 3.85. The smallest absolute Gasteiger partial charge is 0.301 e. The molecule has 0 spiro atoms. The van der Waals surface area contributed by atoms with Crippen LogP contribution in [0.5, 0.6) is 0 Å². The number of hydrogen-bond acceptors (Lipinski definition) is 5. The summed E-state index contributed by atoms with van der Waals surface area (Å²) in [5.74, 6) is 0.363.